The molecule has 80 valence electrons. The summed E-state index contributed by atoms with van der Waals surface area (Å²) in [6, 6.07) is 0. The van der Waals surface area contributed by atoms with Crippen LogP contribution in [0.25, 0.3) is 0 Å². The zero-order chi connectivity index (χ0) is 10.8. The number of hydrogen-bond acceptors (Lipinski definition) is 4. The Kier molecular flexibility index (Phi) is 7.50. The van der Waals surface area contributed by atoms with Crippen LogP contribution in [-0.2, 0) is 19.1 Å². The second-order valence-corrected chi connectivity index (χ2v) is 2.73. The van der Waals surface area contributed by atoms with E-state index >= 15 is 0 Å². The average molecular weight is 200 g/mol. The maximum Gasteiger partial charge on any atom is 0.302 e. The number of ether oxygens (including phenoxy) is 2. The maximum atomic E-state index is 10.4. The fourth-order valence-electron chi connectivity index (χ4n) is 0.777. The van der Waals surface area contributed by atoms with Gasteiger partial charge in [0, 0.05) is 13.8 Å². The molecule has 0 radical (unpaired) electrons. The monoisotopic (exact) mass is 200 g/mol. The molecular weight excluding hydrogens is 184 g/mol. The van der Waals surface area contributed by atoms with Crippen LogP contribution in [0.4, 0.5) is 0 Å². The molecule has 4 heteroatoms. The molecule has 0 aliphatic carbocycles. The molecule has 0 fully saturated rings. The van der Waals surface area contributed by atoms with E-state index in [-0.39, 0.29) is 11.9 Å². The first-order chi connectivity index (χ1) is 6.63. The molecule has 0 saturated carbocycles. The minimum absolute atomic E-state index is 0.265. The lowest BCUT2D eigenvalue weighted by atomic mass is 10.3. The number of hydrogen-bond donors (Lipinski definition) is 0. The van der Waals surface area contributed by atoms with Crippen LogP contribution < -0.4 is 0 Å². The predicted molar refractivity (Wildman–Crippen MR) is 51.6 cm³/mol. The Balaban J connectivity index is 3.19. The molecule has 0 aromatic rings. The van der Waals surface area contributed by atoms with E-state index in [4.69, 9.17) is 9.47 Å². The van der Waals surface area contributed by atoms with Crippen molar-refractivity contribution in [3.63, 3.8) is 0 Å². The highest BCUT2D eigenvalue weighted by Gasteiger charge is 1.90. The Hall–Kier alpha value is -1.32. The third-order valence-electron chi connectivity index (χ3n) is 1.35. The van der Waals surface area contributed by atoms with E-state index in [0.717, 1.165) is 0 Å². The van der Waals surface area contributed by atoms with Crippen molar-refractivity contribution in [1.29, 1.82) is 0 Å². The van der Waals surface area contributed by atoms with E-state index in [9.17, 15) is 9.59 Å². The number of esters is 2. The Morgan fingerprint density at radius 1 is 0.929 bits per heavy atom. The minimum Gasteiger partial charge on any atom is -0.466 e. The summed E-state index contributed by atoms with van der Waals surface area (Å²) in [7, 11) is 0. The maximum absolute atomic E-state index is 10.4. The van der Waals surface area contributed by atoms with E-state index in [2.05, 4.69) is 0 Å². The Labute approximate surface area is 83.9 Å². The van der Waals surface area contributed by atoms with Crippen LogP contribution in [0.5, 0.6) is 0 Å². The van der Waals surface area contributed by atoms with Crippen molar-refractivity contribution >= 4 is 11.9 Å². The zero-order valence-corrected chi connectivity index (χ0v) is 8.62. The summed E-state index contributed by atoms with van der Waals surface area (Å²) in [5, 5.41) is 0. The normalized spacial score (nSPS) is 10.1. The predicted octanol–water partition coefficient (Wildman–Crippen LogP) is 1.45. The summed E-state index contributed by atoms with van der Waals surface area (Å²) in [5.74, 6) is -0.531. The first kappa shape index (κ1) is 12.7. The van der Waals surface area contributed by atoms with Crippen molar-refractivity contribution in [3.8, 4) is 0 Å². The van der Waals surface area contributed by atoms with Crippen LogP contribution in [0, 0.1) is 0 Å². The highest BCUT2D eigenvalue weighted by molar-refractivity contribution is 5.66. The van der Waals surface area contributed by atoms with Crippen LogP contribution in [0.15, 0.2) is 12.2 Å². The van der Waals surface area contributed by atoms with Gasteiger partial charge in [-0.25, -0.2) is 0 Å². The molecule has 0 amide bonds. The van der Waals surface area contributed by atoms with Gasteiger partial charge in [0.1, 0.15) is 0 Å². The molecule has 0 atom stereocenters. The van der Waals surface area contributed by atoms with Gasteiger partial charge in [-0.15, -0.1) is 0 Å². The van der Waals surface area contributed by atoms with Crippen LogP contribution in [0.3, 0.4) is 0 Å². The van der Waals surface area contributed by atoms with Crippen LogP contribution in [0.1, 0.15) is 26.7 Å². The smallest absolute Gasteiger partial charge is 0.302 e. The standard InChI is InChI=1S/C10H16O4/c1-9(11)13-7-5-3-4-6-8-14-10(2)12/h3-4H,5-8H2,1-2H3/b4-3+. The summed E-state index contributed by atoms with van der Waals surface area (Å²) in [6.45, 7) is 3.56. The highest BCUT2D eigenvalue weighted by atomic mass is 16.5. The van der Waals surface area contributed by atoms with Gasteiger partial charge in [-0.05, 0) is 12.8 Å². The van der Waals surface area contributed by atoms with Crippen molar-refractivity contribution in [2.75, 3.05) is 13.2 Å². The highest BCUT2D eigenvalue weighted by Crippen LogP contribution is 1.90. The fraction of sp³-hybridized carbons (Fsp3) is 0.600. The SMILES string of the molecule is CC(=O)OCC/C=C/CCOC(C)=O. The molecule has 0 spiro atoms. The molecule has 0 aliphatic heterocycles. The third-order valence-corrected chi connectivity index (χ3v) is 1.35. The molecule has 0 aliphatic rings. The van der Waals surface area contributed by atoms with E-state index in [1.807, 2.05) is 12.2 Å². The summed E-state index contributed by atoms with van der Waals surface area (Å²) in [4.78, 5) is 20.7. The largest absolute Gasteiger partial charge is 0.466 e. The van der Waals surface area contributed by atoms with Gasteiger partial charge in [-0.2, -0.15) is 0 Å². The van der Waals surface area contributed by atoms with Gasteiger partial charge >= 0.3 is 11.9 Å². The number of carbonyl (C=O) groups is 2. The lowest BCUT2D eigenvalue weighted by Gasteiger charge is -1.98. The summed E-state index contributed by atoms with van der Waals surface area (Å²) in [5.41, 5.74) is 0. The molecule has 0 bridgehead atoms. The molecule has 0 unspecified atom stereocenters. The van der Waals surface area contributed by atoms with Crippen molar-refractivity contribution in [2.24, 2.45) is 0 Å². The summed E-state index contributed by atoms with van der Waals surface area (Å²) < 4.78 is 9.42. The summed E-state index contributed by atoms with van der Waals surface area (Å²) in [6.07, 6.45) is 5.18. The van der Waals surface area contributed by atoms with E-state index in [1.54, 1.807) is 0 Å². The van der Waals surface area contributed by atoms with Gasteiger partial charge in [0.15, 0.2) is 0 Å². The first-order valence-corrected chi connectivity index (χ1v) is 4.54. The Morgan fingerprint density at radius 2 is 1.29 bits per heavy atom. The molecule has 4 nitrogen and oxygen atoms in total. The molecule has 0 aromatic heterocycles. The Bertz CT molecular complexity index is 186. The quantitative estimate of drug-likeness (QED) is 0.370. The average Bonchev–Trinajstić information content (AvgIpc) is 2.08. The van der Waals surface area contributed by atoms with Crippen molar-refractivity contribution < 1.29 is 19.1 Å². The van der Waals surface area contributed by atoms with Crippen LogP contribution in [-0.4, -0.2) is 25.2 Å². The molecular formula is C10H16O4. The second kappa shape index (κ2) is 8.29. The van der Waals surface area contributed by atoms with Crippen molar-refractivity contribution in [1.82, 2.24) is 0 Å². The molecule has 0 N–H and O–H groups in total. The number of rotatable bonds is 6. The van der Waals surface area contributed by atoms with Crippen LogP contribution in [0.2, 0.25) is 0 Å². The molecule has 0 rings (SSSR count). The van der Waals surface area contributed by atoms with E-state index < -0.39 is 0 Å². The lowest BCUT2D eigenvalue weighted by molar-refractivity contribution is -0.141. The number of carbonyl (C=O) groups excluding carboxylic acids is 2. The molecule has 14 heavy (non-hydrogen) atoms. The molecule has 0 saturated heterocycles. The van der Waals surface area contributed by atoms with Gasteiger partial charge < -0.3 is 9.47 Å². The van der Waals surface area contributed by atoms with Crippen LogP contribution >= 0.6 is 0 Å². The molecule has 0 heterocycles. The topological polar surface area (TPSA) is 52.6 Å². The van der Waals surface area contributed by atoms with Gasteiger partial charge in [0.25, 0.3) is 0 Å². The van der Waals surface area contributed by atoms with Gasteiger partial charge in [0.05, 0.1) is 13.2 Å². The van der Waals surface area contributed by atoms with Crippen molar-refractivity contribution in [3.05, 3.63) is 12.2 Å². The zero-order valence-electron chi connectivity index (χ0n) is 8.62. The molecule has 0 aromatic carbocycles. The van der Waals surface area contributed by atoms with E-state index in [0.29, 0.717) is 26.1 Å². The lowest BCUT2D eigenvalue weighted by Crippen LogP contribution is -2.00. The Morgan fingerprint density at radius 3 is 1.57 bits per heavy atom. The third kappa shape index (κ3) is 10.7. The van der Waals surface area contributed by atoms with Gasteiger partial charge in [0.2, 0.25) is 0 Å². The first-order valence-electron chi connectivity index (χ1n) is 4.54. The van der Waals surface area contributed by atoms with E-state index in [1.165, 1.54) is 13.8 Å². The fourth-order valence-corrected chi connectivity index (χ4v) is 0.777. The van der Waals surface area contributed by atoms with Crippen molar-refractivity contribution in [2.45, 2.75) is 26.7 Å². The minimum atomic E-state index is -0.265. The van der Waals surface area contributed by atoms with Gasteiger partial charge in [-0.3, -0.25) is 9.59 Å². The summed E-state index contributed by atoms with van der Waals surface area (Å²) >= 11 is 0. The second-order valence-electron chi connectivity index (χ2n) is 2.73. The van der Waals surface area contributed by atoms with Gasteiger partial charge in [-0.1, -0.05) is 12.2 Å².